The molecule has 1 amide bonds. The lowest BCUT2D eigenvalue weighted by atomic mass is 10.2. The van der Waals surface area contributed by atoms with Crippen molar-refractivity contribution in [2.24, 2.45) is 0 Å². The molecule has 0 saturated carbocycles. The second kappa shape index (κ2) is 8.45. The van der Waals surface area contributed by atoms with Gasteiger partial charge in [0.1, 0.15) is 17.9 Å². The number of aromatic nitrogens is 6. The first kappa shape index (κ1) is 20.6. The van der Waals surface area contributed by atoms with Crippen LogP contribution in [-0.2, 0) is 24.4 Å². The highest BCUT2D eigenvalue weighted by Crippen LogP contribution is 2.25. The second-order valence-corrected chi connectivity index (χ2v) is 6.30. The number of halogens is 4. The van der Waals surface area contributed by atoms with E-state index in [0.29, 0.717) is 23.0 Å². The maximum Gasteiger partial charge on any atom is 0.282 e. The molecule has 3 heterocycles. The summed E-state index contributed by atoms with van der Waals surface area (Å²) in [6.45, 7) is 4.48. The van der Waals surface area contributed by atoms with Crippen LogP contribution >= 0.6 is 0 Å². The first-order chi connectivity index (χ1) is 13.8. The Morgan fingerprint density at radius 1 is 1.14 bits per heavy atom. The summed E-state index contributed by atoms with van der Waals surface area (Å²) >= 11 is 0. The van der Waals surface area contributed by atoms with Crippen LogP contribution in [0.5, 0.6) is 0 Å². The maximum atomic E-state index is 13.0. The summed E-state index contributed by atoms with van der Waals surface area (Å²) in [7, 11) is 0. The Kier molecular flexibility index (Phi) is 5.99. The zero-order valence-corrected chi connectivity index (χ0v) is 15.7. The van der Waals surface area contributed by atoms with Crippen LogP contribution in [0.1, 0.15) is 42.4 Å². The molecule has 0 aromatic carbocycles. The molecule has 0 radical (unpaired) electrons. The molecule has 12 heteroatoms. The van der Waals surface area contributed by atoms with Crippen LogP contribution in [0, 0.1) is 6.92 Å². The molecular weight excluding hydrogens is 394 g/mol. The lowest BCUT2D eigenvalue weighted by Gasteiger charge is -2.06. The van der Waals surface area contributed by atoms with Crippen molar-refractivity contribution < 1.29 is 22.4 Å². The number of anilines is 1. The summed E-state index contributed by atoms with van der Waals surface area (Å²) in [6, 6.07) is 0.597. The quantitative estimate of drug-likeness (QED) is 0.575. The van der Waals surface area contributed by atoms with Gasteiger partial charge in [-0.15, -0.1) is 0 Å². The van der Waals surface area contributed by atoms with E-state index in [1.165, 1.54) is 6.20 Å². The highest BCUT2D eigenvalue weighted by Gasteiger charge is 2.22. The predicted molar refractivity (Wildman–Crippen MR) is 94.7 cm³/mol. The fraction of sp³-hybridized carbons (Fsp3) is 0.412. The number of nitrogens with one attached hydrogen (secondary N) is 1. The fourth-order valence-electron chi connectivity index (χ4n) is 2.85. The Morgan fingerprint density at radius 3 is 2.52 bits per heavy atom. The third kappa shape index (κ3) is 4.63. The standard InChI is InChI=1S/C17H19F4N7O/c1-3-27-10(2)11(5-23-27)7-26-8-12(6-22-26)24-15(29)9-28-14(17(20)21)4-13(25-28)16(18)19/h4-6,8,16-17H,3,7,9H2,1-2H3,(H,24,29). The van der Waals surface area contributed by atoms with Crippen LogP contribution in [0.15, 0.2) is 24.7 Å². The third-order valence-electron chi connectivity index (χ3n) is 4.32. The first-order valence-electron chi connectivity index (χ1n) is 8.76. The number of alkyl halides is 4. The minimum atomic E-state index is -3.03. The number of nitrogens with zero attached hydrogens (tertiary/aromatic N) is 6. The van der Waals surface area contributed by atoms with E-state index in [2.05, 4.69) is 20.6 Å². The lowest BCUT2D eigenvalue weighted by molar-refractivity contribution is -0.117. The van der Waals surface area contributed by atoms with Gasteiger partial charge in [-0.25, -0.2) is 17.6 Å². The number of carbonyl (C=O) groups is 1. The Morgan fingerprint density at radius 2 is 1.90 bits per heavy atom. The molecule has 3 rings (SSSR count). The summed E-state index contributed by atoms with van der Waals surface area (Å²) in [5.74, 6) is -0.689. The molecule has 0 fully saturated rings. The number of rotatable bonds is 8. The predicted octanol–water partition coefficient (Wildman–Crippen LogP) is 3.17. The average Bonchev–Trinajstić information content (AvgIpc) is 3.35. The molecule has 0 bridgehead atoms. The molecule has 0 unspecified atom stereocenters. The van der Waals surface area contributed by atoms with Crippen molar-refractivity contribution >= 4 is 11.6 Å². The van der Waals surface area contributed by atoms with Gasteiger partial charge < -0.3 is 5.32 Å². The van der Waals surface area contributed by atoms with Crippen molar-refractivity contribution in [3.05, 3.63) is 47.3 Å². The minimum Gasteiger partial charge on any atom is -0.322 e. The van der Waals surface area contributed by atoms with Gasteiger partial charge in [0.25, 0.3) is 12.9 Å². The molecule has 3 aromatic heterocycles. The largest absolute Gasteiger partial charge is 0.322 e. The fourth-order valence-corrected chi connectivity index (χ4v) is 2.85. The Hall–Kier alpha value is -3.18. The highest BCUT2D eigenvalue weighted by atomic mass is 19.3. The van der Waals surface area contributed by atoms with E-state index in [9.17, 15) is 22.4 Å². The smallest absolute Gasteiger partial charge is 0.282 e. The number of carbonyl (C=O) groups excluding carboxylic acids is 1. The number of amides is 1. The van der Waals surface area contributed by atoms with Crippen molar-refractivity contribution in [2.45, 2.75) is 46.3 Å². The molecule has 156 valence electrons. The SMILES string of the molecule is CCn1ncc(Cn2cc(NC(=O)Cn3nc(C(F)F)cc3C(F)F)cn2)c1C. The summed E-state index contributed by atoms with van der Waals surface area (Å²) < 4.78 is 55.4. The molecule has 0 aliphatic carbocycles. The third-order valence-corrected chi connectivity index (χ3v) is 4.32. The molecule has 29 heavy (non-hydrogen) atoms. The van der Waals surface area contributed by atoms with Crippen molar-refractivity contribution in [2.75, 3.05) is 5.32 Å². The van der Waals surface area contributed by atoms with E-state index < -0.39 is 36.7 Å². The second-order valence-electron chi connectivity index (χ2n) is 6.30. The molecule has 0 aliphatic rings. The summed E-state index contributed by atoms with van der Waals surface area (Å²) in [5, 5.41) is 14.3. The molecule has 0 saturated heterocycles. The van der Waals surface area contributed by atoms with Crippen LogP contribution in [0.2, 0.25) is 0 Å². The normalized spacial score (nSPS) is 11.6. The van der Waals surface area contributed by atoms with Crippen LogP contribution in [-0.4, -0.2) is 35.2 Å². The number of aryl methyl sites for hydroxylation is 1. The number of hydrogen-bond acceptors (Lipinski definition) is 4. The summed E-state index contributed by atoms with van der Waals surface area (Å²) in [4.78, 5) is 12.1. The first-order valence-corrected chi connectivity index (χ1v) is 8.76. The van der Waals surface area contributed by atoms with Crippen LogP contribution < -0.4 is 5.32 Å². The van der Waals surface area contributed by atoms with Gasteiger partial charge in [0.2, 0.25) is 5.91 Å². The van der Waals surface area contributed by atoms with Crippen molar-refractivity contribution in [1.29, 1.82) is 0 Å². The van der Waals surface area contributed by atoms with Crippen LogP contribution in [0.25, 0.3) is 0 Å². The van der Waals surface area contributed by atoms with Gasteiger partial charge in [0, 0.05) is 24.0 Å². The molecule has 0 aliphatic heterocycles. The average molecular weight is 413 g/mol. The van der Waals surface area contributed by atoms with Crippen LogP contribution in [0.3, 0.4) is 0 Å². The topological polar surface area (TPSA) is 82.6 Å². The molecule has 0 atom stereocenters. The number of hydrogen-bond donors (Lipinski definition) is 1. The molecule has 3 aromatic rings. The van der Waals surface area contributed by atoms with E-state index in [-0.39, 0.29) is 0 Å². The van der Waals surface area contributed by atoms with Crippen molar-refractivity contribution in [3.8, 4) is 0 Å². The highest BCUT2D eigenvalue weighted by molar-refractivity contribution is 5.90. The molecule has 8 nitrogen and oxygen atoms in total. The van der Waals surface area contributed by atoms with Gasteiger partial charge in [-0.1, -0.05) is 0 Å². The van der Waals surface area contributed by atoms with Gasteiger partial charge in [-0.05, 0) is 19.9 Å². The van der Waals surface area contributed by atoms with Gasteiger partial charge in [-0.3, -0.25) is 18.8 Å². The zero-order chi connectivity index (χ0) is 21.1. The molecule has 1 N–H and O–H groups in total. The summed E-state index contributed by atoms with van der Waals surface area (Å²) in [5.41, 5.74) is 0.765. The zero-order valence-electron chi connectivity index (χ0n) is 15.7. The van der Waals surface area contributed by atoms with Gasteiger partial charge in [-0.2, -0.15) is 15.3 Å². The van der Waals surface area contributed by atoms with Gasteiger partial charge in [0.15, 0.2) is 0 Å². The Bertz CT molecular complexity index is 992. The monoisotopic (exact) mass is 413 g/mol. The Balaban J connectivity index is 1.65. The summed E-state index contributed by atoms with van der Waals surface area (Å²) in [6.07, 6.45) is -1.32. The van der Waals surface area contributed by atoms with Crippen molar-refractivity contribution in [1.82, 2.24) is 29.3 Å². The lowest BCUT2D eigenvalue weighted by Crippen LogP contribution is -2.21. The van der Waals surface area contributed by atoms with E-state index in [0.717, 1.165) is 17.8 Å². The van der Waals surface area contributed by atoms with E-state index in [1.54, 1.807) is 17.1 Å². The van der Waals surface area contributed by atoms with Crippen LogP contribution in [0.4, 0.5) is 23.2 Å². The molecule has 0 spiro atoms. The van der Waals surface area contributed by atoms with Gasteiger partial charge >= 0.3 is 0 Å². The van der Waals surface area contributed by atoms with E-state index in [1.807, 2.05) is 18.5 Å². The van der Waals surface area contributed by atoms with Gasteiger partial charge in [0.05, 0.1) is 24.6 Å². The van der Waals surface area contributed by atoms with E-state index >= 15 is 0 Å². The molecular formula is C17H19F4N7O. The van der Waals surface area contributed by atoms with Crippen molar-refractivity contribution in [3.63, 3.8) is 0 Å². The maximum absolute atomic E-state index is 13.0. The Labute approximate surface area is 163 Å². The minimum absolute atomic E-state index is 0.343. The van der Waals surface area contributed by atoms with E-state index in [4.69, 9.17) is 0 Å².